The molecule has 1 saturated carbocycles. The maximum Gasteiger partial charge on any atom is 0.119 e. The Morgan fingerprint density at radius 3 is 2.85 bits per heavy atom. The van der Waals surface area contributed by atoms with Gasteiger partial charge in [0.15, 0.2) is 0 Å². The van der Waals surface area contributed by atoms with E-state index in [-0.39, 0.29) is 12.0 Å². The van der Waals surface area contributed by atoms with Crippen molar-refractivity contribution in [3.63, 3.8) is 0 Å². The first-order chi connectivity index (χ1) is 9.70. The predicted molar refractivity (Wildman–Crippen MR) is 78.5 cm³/mol. The fourth-order valence-electron chi connectivity index (χ4n) is 2.72. The molecule has 0 unspecified atom stereocenters. The summed E-state index contributed by atoms with van der Waals surface area (Å²) >= 11 is 0. The topological polar surface area (TPSA) is 75.7 Å². The standard InChI is InChI=1S/C16H25NO3/c17-9-8-16(19)12-5-3-6-14(10-12)20-11-13-4-1-2-7-15(13)18/h3,5-6,10,13,15-16,18-19H,1-2,4,7-9,11,17H2/t13-,15-,16+/m0/s1. The molecular weight excluding hydrogens is 254 g/mol. The van der Waals surface area contributed by atoms with Crippen molar-refractivity contribution in [1.82, 2.24) is 0 Å². The third-order valence-corrected chi connectivity index (χ3v) is 4.02. The molecule has 0 heterocycles. The van der Waals surface area contributed by atoms with E-state index in [1.54, 1.807) is 0 Å². The molecule has 2 rings (SSSR count). The Labute approximate surface area is 120 Å². The Hall–Kier alpha value is -1.10. The highest BCUT2D eigenvalue weighted by Crippen LogP contribution is 2.26. The third-order valence-electron chi connectivity index (χ3n) is 4.02. The average Bonchev–Trinajstić information content (AvgIpc) is 2.47. The molecule has 0 radical (unpaired) electrons. The Kier molecular flexibility index (Phi) is 5.83. The highest BCUT2D eigenvalue weighted by Gasteiger charge is 2.23. The molecule has 1 fully saturated rings. The van der Waals surface area contributed by atoms with Crippen molar-refractivity contribution < 1.29 is 14.9 Å². The molecule has 1 aromatic carbocycles. The second-order valence-electron chi connectivity index (χ2n) is 5.59. The fraction of sp³-hybridized carbons (Fsp3) is 0.625. The van der Waals surface area contributed by atoms with Gasteiger partial charge in [-0.05, 0) is 43.5 Å². The molecule has 112 valence electrons. The molecule has 4 N–H and O–H groups in total. The van der Waals surface area contributed by atoms with Crippen molar-refractivity contribution in [1.29, 1.82) is 0 Å². The van der Waals surface area contributed by atoms with Crippen LogP contribution in [-0.4, -0.2) is 29.5 Å². The van der Waals surface area contributed by atoms with Gasteiger partial charge in [-0.1, -0.05) is 25.0 Å². The van der Waals surface area contributed by atoms with Gasteiger partial charge >= 0.3 is 0 Å². The summed E-state index contributed by atoms with van der Waals surface area (Å²) in [4.78, 5) is 0. The monoisotopic (exact) mass is 279 g/mol. The zero-order chi connectivity index (χ0) is 14.4. The SMILES string of the molecule is NCC[C@@H](O)c1cccc(OC[C@@H]2CCCC[C@@H]2O)c1. The number of ether oxygens (including phenoxy) is 1. The molecule has 0 spiro atoms. The summed E-state index contributed by atoms with van der Waals surface area (Å²) in [7, 11) is 0. The van der Waals surface area contributed by atoms with Gasteiger partial charge in [-0.15, -0.1) is 0 Å². The molecule has 4 heteroatoms. The highest BCUT2D eigenvalue weighted by atomic mass is 16.5. The second-order valence-corrected chi connectivity index (χ2v) is 5.59. The van der Waals surface area contributed by atoms with Crippen molar-refractivity contribution in [2.75, 3.05) is 13.2 Å². The summed E-state index contributed by atoms with van der Waals surface area (Å²) in [5.74, 6) is 0.970. The van der Waals surface area contributed by atoms with Crippen LogP contribution in [-0.2, 0) is 0 Å². The molecule has 1 aliphatic rings. The van der Waals surface area contributed by atoms with E-state index in [4.69, 9.17) is 10.5 Å². The van der Waals surface area contributed by atoms with Crippen LogP contribution >= 0.6 is 0 Å². The maximum atomic E-state index is 9.93. The van der Waals surface area contributed by atoms with E-state index < -0.39 is 6.10 Å². The van der Waals surface area contributed by atoms with Gasteiger partial charge in [-0.2, -0.15) is 0 Å². The average molecular weight is 279 g/mol. The molecule has 0 amide bonds. The largest absolute Gasteiger partial charge is 0.493 e. The number of benzene rings is 1. The zero-order valence-corrected chi connectivity index (χ0v) is 11.9. The summed E-state index contributed by atoms with van der Waals surface area (Å²) < 4.78 is 5.78. The van der Waals surface area contributed by atoms with Crippen molar-refractivity contribution in [2.45, 2.75) is 44.3 Å². The normalized spacial score (nSPS) is 24.4. The number of rotatable bonds is 6. The minimum atomic E-state index is -0.538. The minimum absolute atomic E-state index is 0.223. The number of hydrogen-bond acceptors (Lipinski definition) is 4. The van der Waals surface area contributed by atoms with Gasteiger partial charge in [0.1, 0.15) is 5.75 Å². The lowest BCUT2D eigenvalue weighted by atomic mass is 9.87. The van der Waals surface area contributed by atoms with E-state index in [0.29, 0.717) is 19.6 Å². The Balaban J connectivity index is 1.90. The third kappa shape index (κ3) is 4.20. The predicted octanol–water partition coefficient (Wildman–Crippen LogP) is 2.00. The first-order valence-electron chi connectivity index (χ1n) is 7.49. The van der Waals surface area contributed by atoms with Crippen molar-refractivity contribution in [3.05, 3.63) is 29.8 Å². The quantitative estimate of drug-likeness (QED) is 0.744. The van der Waals surface area contributed by atoms with Gasteiger partial charge < -0.3 is 20.7 Å². The second kappa shape index (κ2) is 7.62. The smallest absolute Gasteiger partial charge is 0.119 e. The fourth-order valence-corrected chi connectivity index (χ4v) is 2.72. The number of hydrogen-bond donors (Lipinski definition) is 3. The number of aliphatic hydroxyl groups is 2. The van der Waals surface area contributed by atoms with E-state index in [2.05, 4.69) is 0 Å². The van der Waals surface area contributed by atoms with E-state index >= 15 is 0 Å². The minimum Gasteiger partial charge on any atom is -0.493 e. The van der Waals surface area contributed by atoms with Crippen molar-refractivity contribution in [2.24, 2.45) is 11.7 Å². The summed E-state index contributed by atoms with van der Waals surface area (Å²) in [6.07, 6.45) is 3.95. The molecular formula is C16H25NO3. The molecule has 0 aliphatic heterocycles. The summed E-state index contributed by atoms with van der Waals surface area (Å²) in [6.45, 7) is 0.998. The maximum absolute atomic E-state index is 9.93. The molecule has 0 saturated heterocycles. The molecule has 1 aromatic rings. The van der Waals surface area contributed by atoms with Gasteiger partial charge in [-0.25, -0.2) is 0 Å². The van der Waals surface area contributed by atoms with Crippen LogP contribution in [0.5, 0.6) is 5.75 Å². The van der Waals surface area contributed by atoms with Gasteiger partial charge in [-0.3, -0.25) is 0 Å². The lowest BCUT2D eigenvalue weighted by Gasteiger charge is -2.27. The first kappa shape index (κ1) is 15.3. The van der Waals surface area contributed by atoms with Crippen molar-refractivity contribution >= 4 is 0 Å². The Morgan fingerprint density at radius 2 is 2.10 bits per heavy atom. The van der Waals surface area contributed by atoms with Crippen LogP contribution in [0.3, 0.4) is 0 Å². The van der Waals surface area contributed by atoms with Gasteiger partial charge in [0.05, 0.1) is 18.8 Å². The zero-order valence-electron chi connectivity index (χ0n) is 11.9. The summed E-state index contributed by atoms with van der Waals surface area (Å²) in [6, 6.07) is 7.49. The van der Waals surface area contributed by atoms with Crippen LogP contribution in [0.1, 0.15) is 43.8 Å². The Bertz CT molecular complexity index is 410. The van der Waals surface area contributed by atoms with Crippen LogP contribution in [0.15, 0.2) is 24.3 Å². The van der Waals surface area contributed by atoms with Gasteiger partial charge in [0.2, 0.25) is 0 Å². The van der Waals surface area contributed by atoms with E-state index in [9.17, 15) is 10.2 Å². The summed E-state index contributed by atoms with van der Waals surface area (Å²) in [5, 5.41) is 19.9. The van der Waals surface area contributed by atoms with Gasteiger partial charge in [0.25, 0.3) is 0 Å². The molecule has 3 atom stereocenters. The highest BCUT2D eigenvalue weighted by molar-refractivity contribution is 5.29. The molecule has 1 aliphatic carbocycles. The van der Waals surface area contributed by atoms with Crippen LogP contribution in [0.25, 0.3) is 0 Å². The first-order valence-corrected chi connectivity index (χ1v) is 7.49. The van der Waals surface area contributed by atoms with Crippen molar-refractivity contribution in [3.8, 4) is 5.75 Å². The number of nitrogens with two attached hydrogens (primary N) is 1. The Morgan fingerprint density at radius 1 is 1.30 bits per heavy atom. The summed E-state index contributed by atoms with van der Waals surface area (Å²) in [5.41, 5.74) is 6.29. The van der Waals surface area contributed by atoms with E-state index in [1.165, 1.54) is 6.42 Å². The molecule has 20 heavy (non-hydrogen) atoms. The van der Waals surface area contributed by atoms with E-state index in [1.807, 2.05) is 24.3 Å². The number of aliphatic hydroxyl groups excluding tert-OH is 2. The molecule has 0 aromatic heterocycles. The van der Waals surface area contributed by atoms with Crippen LogP contribution in [0.4, 0.5) is 0 Å². The van der Waals surface area contributed by atoms with E-state index in [0.717, 1.165) is 30.6 Å². The lowest BCUT2D eigenvalue weighted by Crippen LogP contribution is -2.29. The van der Waals surface area contributed by atoms with Crippen LogP contribution in [0.2, 0.25) is 0 Å². The molecule has 4 nitrogen and oxygen atoms in total. The lowest BCUT2D eigenvalue weighted by molar-refractivity contribution is 0.0421. The van der Waals surface area contributed by atoms with Crippen LogP contribution in [0, 0.1) is 5.92 Å². The van der Waals surface area contributed by atoms with Gasteiger partial charge in [0, 0.05) is 5.92 Å². The molecule has 0 bridgehead atoms. The van der Waals surface area contributed by atoms with Crippen LogP contribution < -0.4 is 10.5 Å².